The molecule has 7 nitrogen and oxygen atoms in total. The summed E-state index contributed by atoms with van der Waals surface area (Å²) in [7, 11) is 1.63. The molecule has 7 heteroatoms. The summed E-state index contributed by atoms with van der Waals surface area (Å²) < 4.78 is 10.9. The molecule has 0 spiro atoms. The summed E-state index contributed by atoms with van der Waals surface area (Å²) >= 11 is 0. The number of aryl methyl sites for hydroxylation is 3. The van der Waals surface area contributed by atoms with Gasteiger partial charge >= 0.3 is 0 Å². The standard InChI is InChI=1S/C25H29N3O4/c1-16-7-6-8-23(17(16)2)26-24(29)14-28(5)25(30)13-20-9-11-21(12-10-20)31-15-22-18(3)27-32-19(22)4/h6-12H,13-15H2,1-5H3,(H,26,29). The molecule has 0 atom stereocenters. The van der Waals surface area contributed by atoms with Crippen LogP contribution in [0.25, 0.3) is 0 Å². The molecular formula is C25H29N3O4. The second-order valence-corrected chi connectivity index (χ2v) is 7.96. The highest BCUT2D eigenvalue weighted by atomic mass is 16.5. The molecular weight excluding hydrogens is 406 g/mol. The number of rotatable bonds is 8. The van der Waals surface area contributed by atoms with Crippen LogP contribution in [0.5, 0.6) is 5.75 Å². The van der Waals surface area contributed by atoms with E-state index in [1.165, 1.54) is 4.90 Å². The number of aromatic nitrogens is 1. The molecule has 0 aliphatic carbocycles. The van der Waals surface area contributed by atoms with E-state index in [9.17, 15) is 9.59 Å². The summed E-state index contributed by atoms with van der Waals surface area (Å²) in [5, 5.41) is 6.80. The lowest BCUT2D eigenvalue weighted by atomic mass is 10.1. The number of nitrogens with zero attached hydrogens (tertiary/aromatic N) is 2. The lowest BCUT2D eigenvalue weighted by Gasteiger charge is -2.18. The number of anilines is 1. The van der Waals surface area contributed by atoms with Crippen LogP contribution >= 0.6 is 0 Å². The molecule has 1 heterocycles. The number of carbonyl (C=O) groups excluding carboxylic acids is 2. The normalized spacial score (nSPS) is 10.7. The third kappa shape index (κ3) is 5.75. The lowest BCUT2D eigenvalue weighted by Crippen LogP contribution is -2.35. The molecule has 0 bridgehead atoms. The van der Waals surface area contributed by atoms with Crippen molar-refractivity contribution in [2.45, 2.75) is 40.7 Å². The number of hydrogen-bond acceptors (Lipinski definition) is 5. The van der Waals surface area contributed by atoms with E-state index in [1.807, 2.05) is 70.2 Å². The van der Waals surface area contributed by atoms with Crippen molar-refractivity contribution >= 4 is 17.5 Å². The minimum Gasteiger partial charge on any atom is -0.489 e. The molecule has 0 unspecified atom stereocenters. The Hall–Kier alpha value is -3.61. The molecule has 0 radical (unpaired) electrons. The number of benzene rings is 2. The van der Waals surface area contributed by atoms with Gasteiger partial charge in [-0.3, -0.25) is 9.59 Å². The predicted octanol–water partition coefficient (Wildman–Crippen LogP) is 4.13. The summed E-state index contributed by atoms with van der Waals surface area (Å²) in [6, 6.07) is 13.1. The number of ether oxygens (including phenoxy) is 1. The molecule has 32 heavy (non-hydrogen) atoms. The van der Waals surface area contributed by atoms with E-state index in [2.05, 4.69) is 10.5 Å². The molecule has 0 saturated carbocycles. The monoisotopic (exact) mass is 435 g/mol. The Balaban J connectivity index is 1.50. The number of hydrogen-bond donors (Lipinski definition) is 1. The van der Waals surface area contributed by atoms with Crippen LogP contribution in [0.15, 0.2) is 47.0 Å². The number of carbonyl (C=O) groups is 2. The third-order valence-corrected chi connectivity index (χ3v) is 5.53. The van der Waals surface area contributed by atoms with Crippen molar-refractivity contribution in [2.24, 2.45) is 0 Å². The van der Waals surface area contributed by atoms with Gasteiger partial charge in [0, 0.05) is 12.7 Å². The summed E-state index contributed by atoms with van der Waals surface area (Å²) in [5.41, 5.74) is 5.49. The number of nitrogens with one attached hydrogen (secondary N) is 1. The van der Waals surface area contributed by atoms with Crippen molar-refractivity contribution in [2.75, 3.05) is 18.9 Å². The fourth-order valence-electron chi connectivity index (χ4n) is 3.26. The van der Waals surface area contributed by atoms with Gasteiger partial charge in [0.1, 0.15) is 18.1 Å². The Labute approximate surface area is 188 Å². The van der Waals surface area contributed by atoms with Crippen LogP contribution < -0.4 is 10.1 Å². The highest BCUT2D eigenvalue weighted by Crippen LogP contribution is 2.19. The van der Waals surface area contributed by atoms with Crippen molar-refractivity contribution in [3.63, 3.8) is 0 Å². The maximum Gasteiger partial charge on any atom is 0.243 e. The van der Waals surface area contributed by atoms with Gasteiger partial charge in [-0.05, 0) is 62.6 Å². The Morgan fingerprint density at radius 1 is 1.06 bits per heavy atom. The van der Waals surface area contributed by atoms with Gasteiger partial charge in [-0.1, -0.05) is 29.4 Å². The summed E-state index contributed by atoms with van der Waals surface area (Å²) in [5.74, 6) is 1.08. The quantitative estimate of drug-likeness (QED) is 0.575. The molecule has 168 valence electrons. The molecule has 0 fully saturated rings. The van der Waals surface area contributed by atoms with Crippen LogP contribution in [0.3, 0.4) is 0 Å². The fraction of sp³-hybridized carbons (Fsp3) is 0.320. The maximum absolute atomic E-state index is 12.6. The highest BCUT2D eigenvalue weighted by Gasteiger charge is 2.15. The second-order valence-electron chi connectivity index (χ2n) is 7.96. The van der Waals surface area contributed by atoms with Crippen molar-refractivity contribution in [3.8, 4) is 5.75 Å². The van der Waals surface area contributed by atoms with E-state index in [-0.39, 0.29) is 24.8 Å². The Bertz CT molecular complexity index is 1080. The second kappa shape index (κ2) is 10.1. The first-order valence-corrected chi connectivity index (χ1v) is 10.5. The predicted molar refractivity (Wildman–Crippen MR) is 123 cm³/mol. The van der Waals surface area contributed by atoms with E-state index in [4.69, 9.17) is 9.26 Å². The smallest absolute Gasteiger partial charge is 0.243 e. The molecule has 1 aromatic heterocycles. The zero-order valence-electron chi connectivity index (χ0n) is 19.2. The van der Waals surface area contributed by atoms with Crippen LogP contribution in [-0.2, 0) is 22.6 Å². The zero-order chi connectivity index (χ0) is 23.3. The molecule has 1 N–H and O–H groups in total. The van der Waals surface area contributed by atoms with E-state index < -0.39 is 0 Å². The van der Waals surface area contributed by atoms with Gasteiger partial charge in [-0.15, -0.1) is 0 Å². The minimum absolute atomic E-state index is 0.00908. The number of likely N-dealkylation sites (N-methyl/N-ethyl adjacent to an activating group) is 1. The van der Waals surface area contributed by atoms with E-state index in [0.717, 1.165) is 39.4 Å². The Morgan fingerprint density at radius 3 is 2.44 bits per heavy atom. The zero-order valence-corrected chi connectivity index (χ0v) is 19.2. The van der Waals surface area contributed by atoms with Gasteiger partial charge in [0.2, 0.25) is 11.8 Å². The summed E-state index contributed by atoms with van der Waals surface area (Å²) in [6.45, 7) is 8.05. The topological polar surface area (TPSA) is 84.7 Å². The molecule has 3 rings (SSSR count). The first kappa shape index (κ1) is 23.1. The van der Waals surface area contributed by atoms with Gasteiger partial charge in [-0.25, -0.2) is 0 Å². The number of amides is 2. The van der Waals surface area contributed by atoms with Gasteiger partial charge in [0.15, 0.2) is 0 Å². The van der Waals surface area contributed by atoms with Gasteiger partial charge < -0.3 is 19.5 Å². The van der Waals surface area contributed by atoms with Crippen LogP contribution in [-0.4, -0.2) is 35.5 Å². The molecule has 2 aromatic carbocycles. The first-order valence-electron chi connectivity index (χ1n) is 10.5. The first-order chi connectivity index (χ1) is 15.2. The van der Waals surface area contributed by atoms with Crippen molar-refractivity contribution < 1.29 is 18.8 Å². The Kier molecular flexibility index (Phi) is 7.30. The van der Waals surface area contributed by atoms with Gasteiger partial charge in [0.05, 0.1) is 24.2 Å². The van der Waals surface area contributed by atoms with Crippen LogP contribution in [0, 0.1) is 27.7 Å². The van der Waals surface area contributed by atoms with Crippen LogP contribution in [0.4, 0.5) is 5.69 Å². The van der Waals surface area contributed by atoms with Crippen LogP contribution in [0.2, 0.25) is 0 Å². The fourth-order valence-corrected chi connectivity index (χ4v) is 3.26. The van der Waals surface area contributed by atoms with E-state index in [1.54, 1.807) is 7.05 Å². The lowest BCUT2D eigenvalue weighted by molar-refractivity contribution is -0.132. The van der Waals surface area contributed by atoms with Crippen LogP contribution in [0.1, 0.15) is 33.7 Å². The minimum atomic E-state index is -0.224. The average molecular weight is 436 g/mol. The maximum atomic E-state index is 12.6. The molecule has 0 aliphatic rings. The molecule has 0 aliphatic heterocycles. The largest absolute Gasteiger partial charge is 0.489 e. The van der Waals surface area contributed by atoms with E-state index >= 15 is 0 Å². The van der Waals surface area contributed by atoms with E-state index in [0.29, 0.717) is 12.4 Å². The molecule has 2 amide bonds. The SMILES string of the molecule is Cc1cccc(NC(=O)CN(C)C(=O)Cc2ccc(OCc3c(C)noc3C)cc2)c1C. The van der Waals surface area contributed by atoms with Gasteiger partial charge in [-0.2, -0.15) is 0 Å². The molecule has 3 aromatic rings. The highest BCUT2D eigenvalue weighted by molar-refractivity contribution is 5.95. The average Bonchev–Trinajstić information content (AvgIpc) is 3.08. The third-order valence-electron chi connectivity index (χ3n) is 5.53. The summed E-state index contributed by atoms with van der Waals surface area (Å²) in [6.07, 6.45) is 0.206. The van der Waals surface area contributed by atoms with Crippen molar-refractivity contribution in [1.29, 1.82) is 0 Å². The van der Waals surface area contributed by atoms with Crippen molar-refractivity contribution in [1.82, 2.24) is 10.1 Å². The summed E-state index contributed by atoms with van der Waals surface area (Å²) in [4.78, 5) is 26.4. The Morgan fingerprint density at radius 2 is 1.78 bits per heavy atom. The van der Waals surface area contributed by atoms with Gasteiger partial charge in [0.25, 0.3) is 0 Å². The molecule has 0 saturated heterocycles. The van der Waals surface area contributed by atoms with Crippen molar-refractivity contribution in [3.05, 3.63) is 76.2 Å².